The van der Waals surface area contributed by atoms with Crippen LogP contribution in [0.5, 0.6) is 0 Å². The van der Waals surface area contributed by atoms with Crippen molar-refractivity contribution in [3.8, 4) is 0 Å². The number of hydrogen-bond donors (Lipinski definition) is 0. The molecule has 0 aliphatic carbocycles. The molecule has 26 heavy (non-hydrogen) atoms. The second-order valence-corrected chi connectivity index (χ2v) is 6.68. The van der Waals surface area contributed by atoms with Gasteiger partial charge in [0, 0.05) is 25.2 Å². The smallest absolute Gasteiger partial charge is 0.254 e. The van der Waals surface area contributed by atoms with Crippen molar-refractivity contribution in [3.63, 3.8) is 0 Å². The number of amides is 1. The Labute approximate surface area is 153 Å². The summed E-state index contributed by atoms with van der Waals surface area (Å²) in [5.41, 5.74) is 1.61. The van der Waals surface area contributed by atoms with Gasteiger partial charge in [0.2, 0.25) is 0 Å². The highest BCUT2D eigenvalue weighted by molar-refractivity contribution is 6.07. The Bertz CT molecular complexity index is 885. The van der Waals surface area contributed by atoms with E-state index in [1.807, 2.05) is 66.4 Å². The minimum absolute atomic E-state index is 0.00650. The lowest BCUT2D eigenvalue weighted by Gasteiger charge is -2.25. The van der Waals surface area contributed by atoms with E-state index in [9.17, 15) is 9.18 Å². The van der Waals surface area contributed by atoms with Gasteiger partial charge < -0.3 is 9.80 Å². The van der Waals surface area contributed by atoms with Crippen LogP contribution in [-0.4, -0.2) is 42.9 Å². The molecule has 0 aliphatic heterocycles. The van der Waals surface area contributed by atoms with Gasteiger partial charge in [0.15, 0.2) is 0 Å². The Kier molecular flexibility index (Phi) is 5.64. The number of rotatable bonds is 6. The van der Waals surface area contributed by atoms with Crippen molar-refractivity contribution >= 4 is 16.7 Å². The van der Waals surface area contributed by atoms with E-state index in [0.29, 0.717) is 18.7 Å². The largest absolute Gasteiger partial charge is 0.333 e. The fourth-order valence-corrected chi connectivity index (χ4v) is 2.97. The van der Waals surface area contributed by atoms with Crippen LogP contribution in [0.1, 0.15) is 15.9 Å². The fraction of sp³-hybridized carbons (Fsp3) is 0.227. The van der Waals surface area contributed by atoms with E-state index < -0.39 is 0 Å². The van der Waals surface area contributed by atoms with Crippen LogP contribution in [-0.2, 0) is 6.54 Å². The maximum Gasteiger partial charge on any atom is 0.254 e. The molecule has 0 fully saturated rings. The van der Waals surface area contributed by atoms with Crippen molar-refractivity contribution in [2.24, 2.45) is 0 Å². The number of hydrogen-bond acceptors (Lipinski definition) is 2. The van der Waals surface area contributed by atoms with Crippen LogP contribution < -0.4 is 0 Å². The predicted molar refractivity (Wildman–Crippen MR) is 104 cm³/mol. The molecule has 3 rings (SSSR count). The summed E-state index contributed by atoms with van der Waals surface area (Å²) < 4.78 is 13.2. The molecular formula is C22H23FN2O. The first-order chi connectivity index (χ1) is 12.5. The minimum Gasteiger partial charge on any atom is -0.333 e. The van der Waals surface area contributed by atoms with Crippen molar-refractivity contribution in [1.29, 1.82) is 0 Å². The zero-order valence-corrected chi connectivity index (χ0v) is 15.2. The molecule has 4 heteroatoms. The molecule has 0 saturated heterocycles. The third-order valence-electron chi connectivity index (χ3n) is 4.41. The molecule has 0 radical (unpaired) electrons. The summed E-state index contributed by atoms with van der Waals surface area (Å²) in [6.07, 6.45) is 0. The van der Waals surface area contributed by atoms with Gasteiger partial charge in [-0.1, -0.05) is 48.5 Å². The van der Waals surface area contributed by atoms with Gasteiger partial charge in [-0.3, -0.25) is 4.79 Å². The number of likely N-dealkylation sites (N-methyl/N-ethyl adjacent to an activating group) is 1. The molecule has 3 aromatic rings. The van der Waals surface area contributed by atoms with Gasteiger partial charge in [-0.15, -0.1) is 0 Å². The predicted octanol–water partition coefficient (Wildman–Crippen LogP) is 4.18. The molecule has 3 nitrogen and oxygen atoms in total. The van der Waals surface area contributed by atoms with Gasteiger partial charge in [-0.2, -0.15) is 0 Å². The summed E-state index contributed by atoms with van der Waals surface area (Å²) in [5.74, 6) is -0.276. The number of benzene rings is 3. The van der Waals surface area contributed by atoms with Crippen LogP contribution in [0.4, 0.5) is 4.39 Å². The van der Waals surface area contributed by atoms with Gasteiger partial charge >= 0.3 is 0 Å². The molecule has 0 N–H and O–H groups in total. The molecule has 0 heterocycles. The van der Waals surface area contributed by atoms with E-state index in [0.717, 1.165) is 22.9 Å². The first-order valence-electron chi connectivity index (χ1n) is 8.71. The van der Waals surface area contributed by atoms with E-state index in [1.54, 1.807) is 12.1 Å². The Balaban J connectivity index is 1.91. The first-order valence-corrected chi connectivity index (χ1v) is 8.71. The van der Waals surface area contributed by atoms with E-state index in [1.165, 1.54) is 12.1 Å². The van der Waals surface area contributed by atoms with Crippen molar-refractivity contribution in [2.45, 2.75) is 6.54 Å². The molecule has 1 amide bonds. The van der Waals surface area contributed by atoms with Crippen LogP contribution in [0.25, 0.3) is 10.8 Å². The van der Waals surface area contributed by atoms with E-state index in [2.05, 4.69) is 0 Å². The summed E-state index contributed by atoms with van der Waals surface area (Å²) in [6, 6.07) is 20.0. The second-order valence-electron chi connectivity index (χ2n) is 6.68. The third kappa shape index (κ3) is 4.27. The zero-order chi connectivity index (χ0) is 18.5. The van der Waals surface area contributed by atoms with Crippen molar-refractivity contribution in [1.82, 2.24) is 9.80 Å². The summed E-state index contributed by atoms with van der Waals surface area (Å²) in [4.78, 5) is 17.2. The molecule has 0 atom stereocenters. The number of halogens is 1. The monoisotopic (exact) mass is 350 g/mol. The maximum atomic E-state index is 13.3. The minimum atomic E-state index is -0.269. The fourth-order valence-electron chi connectivity index (χ4n) is 2.97. The zero-order valence-electron chi connectivity index (χ0n) is 15.2. The highest BCUT2D eigenvalue weighted by Gasteiger charge is 2.18. The maximum absolute atomic E-state index is 13.3. The molecule has 3 aromatic carbocycles. The van der Waals surface area contributed by atoms with E-state index >= 15 is 0 Å². The Morgan fingerprint density at radius 3 is 2.31 bits per heavy atom. The standard InChI is InChI=1S/C22H23FN2O/c1-24(2)14-15-25(16-17-10-12-19(23)13-11-17)22(26)21-9-5-7-18-6-3-4-8-20(18)21/h3-13H,14-16H2,1-2H3. The molecule has 0 aliphatic rings. The van der Waals surface area contributed by atoms with Gasteiger partial charge in [0.25, 0.3) is 5.91 Å². The summed E-state index contributed by atoms with van der Waals surface area (Å²) in [7, 11) is 3.97. The average Bonchev–Trinajstić information content (AvgIpc) is 2.65. The third-order valence-corrected chi connectivity index (χ3v) is 4.41. The van der Waals surface area contributed by atoms with E-state index in [4.69, 9.17) is 0 Å². The molecule has 0 bridgehead atoms. The lowest BCUT2D eigenvalue weighted by Crippen LogP contribution is -2.36. The number of fused-ring (bicyclic) bond motifs is 1. The quantitative estimate of drug-likeness (QED) is 0.666. The summed E-state index contributed by atoms with van der Waals surface area (Å²) >= 11 is 0. The lowest BCUT2D eigenvalue weighted by atomic mass is 10.0. The first kappa shape index (κ1) is 18.1. The van der Waals surface area contributed by atoms with E-state index in [-0.39, 0.29) is 11.7 Å². The van der Waals surface area contributed by atoms with Crippen LogP contribution in [0.15, 0.2) is 66.7 Å². The topological polar surface area (TPSA) is 23.6 Å². The molecule has 134 valence electrons. The van der Waals surface area contributed by atoms with Crippen molar-refractivity contribution in [3.05, 3.63) is 83.7 Å². The average molecular weight is 350 g/mol. The molecule has 0 spiro atoms. The van der Waals surface area contributed by atoms with Gasteiger partial charge in [-0.25, -0.2) is 4.39 Å². The molecule has 0 unspecified atom stereocenters. The molecule has 0 aromatic heterocycles. The van der Waals surface area contributed by atoms with Gasteiger partial charge in [0.05, 0.1) is 0 Å². The van der Waals surface area contributed by atoms with Crippen LogP contribution in [0, 0.1) is 5.82 Å². The second kappa shape index (κ2) is 8.11. The Hall–Kier alpha value is -2.72. The van der Waals surface area contributed by atoms with Gasteiger partial charge in [0.1, 0.15) is 5.82 Å². The number of carbonyl (C=O) groups excluding carboxylic acids is 1. The van der Waals surface area contributed by atoms with Crippen LogP contribution in [0.3, 0.4) is 0 Å². The van der Waals surface area contributed by atoms with Crippen LogP contribution >= 0.6 is 0 Å². The Morgan fingerprint density at radius 2 is 1.58 bits per heavy atom. The highest BCUT2D eigenvalue weighted by Crippen LogP contribution is 2.21. The Morgan fingerprint density at radius 1 is 0.885 bits per heavy atom. The normalized spacial score (nSPS) is 11.1. The molecular weight excluding hydrogens is 327 g/mol. The van der Waals surface area contributed by atoms with Gasteiger partial charge in [-0.05, 0) is 48.6 Å². The summed E-state index contributed by atoms with van der Waals surface area (Å²) in [6.45, 7) is 1.82. The SMILES string of the molecule is CN(C)CCN(Cc1ccc(F)cc1)C(=O)c1cccc2ccccc12. The lowest BCUT2D eigenvalue weighted by molar-refractivity contribution is 0.0734. The van der Waals surface area contributed by atoms with Crippen LogP contribution in [0.2, 0.25) is 0 Å². The highest BCUT2D eigenvalue weighted by atomic mass is 19.1. The molecule has 0 saturated carbocycles. The van der Waals surface area contributed by atoms with Crippen molar-refractivity contribution < 1.29 is 9.18 Å². The number of carbonyl (C=O) groups is 1. The number of nitrogens with zero attached hydrogens (tertiary/aromatic N) is 2. The van der Waals surface area contributed by atoms with Crippen molar-refractivity contribution in [2.75, 3.05) is 27.2 Å². The summed E-state index contributed by atoms with van der Waals surface area (Å²) in [5, 5.41) is 2.00.